The number of benzene rings is 1. The number of ether oxygens (including phenoxy) is 1. The van der Waals surface area contributed by atoms with Gasteiger partial charge in [-0.05, 0) is 18.9 Å². The van der Waals surface area contributed by atoms with Crippen molar-refractivity contribution >= 4 is 17.7 Å². The molecular weight excluding hydrogens is 258 g/mol. The van der Waals surface area contributed by atoms with E-state index in [9.17, 15) is 14.4 Å². The molecule has 0 aromatic heterocycles. The minimum absolute atomic E-state index is 0.0313. The molecule has 1 aromatic rings. The van der Waals surface area contributed by atoms with E-state index in [1.54, 1.807) is 0 Å². The molecule has 108 valence electrons. The lowest BCUT2D eigenvalue weighted by atomic mass is 10.1. The molecule has 0 aliphatic carbocycles. The molecule has 5 nitrogen and oxygen atoms in total. The van der Waals surface area contributed by atoms with Gasteiger partial charge in [-0.1, -0.05) is 30.3 Å². The highest BCUT2D eigenvalue weighted by molar-refractivity contribution is 5.86. The molecule has 0 fully saturated rings. The zero-order valence-electron chi connectivity index (χ0n) is 11.7. The minimum atomic E-state index is -0.778. The van der Waals surface area contributed by atoms with Crippen LogP contribution in [0.1, 0.15) is 25.3 Å². The second-order valence-corrected chi connectivity index (χ2v) is 4.55. The van der Waals surface area contributed by atoms with Gasteiger partial charge in [0, 0.05) is 6.42 Å². The molecule has 0 spiro atoms. The third-order valence-electron chi connectivity index (χ3n) is 2.81. The maximum atomic E-state index is 11.9. The lowest BCUT2D eigenvalue weighted by Gasteiger charge is -2.15. The lowest BCUT2D eigenvalue weighted by Crippen LogP contribution is -2.42. The molecule has 1 N–H and O–H groups in total. The van der Waals surface area contributed by atoms with Crippen LogP contribution in [0.15, 0.2) is 30.3 Å². The molecule has 0 radical (unpaired) electrons. The van der Waals surface area contributed by atoms with Crippen LogP contribution in [0, 0.1) is 0 Å². The number of carbonyl (C=O) groups excluding carboxylic acids is 3. The Kier molecular flexibility index (Phi) is 6.43. The van der Waals surface area contributed by atoms with Crippen molar-refractivity contribution in [3.63, 3.8) is 0 Å². The maximum Gasteiger partial charge on any atom is 0.328 e. The van der Waals surface area contributed by atoms with E-state index in [1.165, 1.54) is 14.0 Å². The van der Waals surface area contributed by atoms with Crippen LogP contribution in [-0.2, 0) is 25.5 Å². The highest BCUT2D eigenvalue weighted by Crippen LogP contribution is 2.03. The van der Waals surface area contributed by atoms with Gasteiger partial charge in [0.25, 0.3) is 0 Å². The lowest BCUT2D eigenvalue weighted by molar-refractivity contribution is -0.145. The van der Waals surface area contributed by atoms with E-state index in [1.807, 2.05) is 30.3 Å². The second-order valence-electron chi connectivity index (χ2n) is 4.55. The molecule has 0 aliphatic rings. The van der Waals surface area contributed by atoms with Gasteiger partial charge in [-0.3, -0.25) is 4.79 Å². The summed E-state index contributed by atoms with van der Waals surface area (Å²) in [6.45, 7) is 1.44. The van der Waals surface area contributed by atoms with E-state index >= 15 is 0 Å². The minimum Gasteiger partial charge on any atom is -0.467 e. The van der Waals surface area contributed by atoms with Crippen molar-refractivity contribution in [2.75, 3.05) is 7.11 Å². The molecule has 0 heterocycles. The van der Waals surface area contributed by atoms with Crippen molar-refractivity contribution in [1.82, 2.24) is 5.32 Å². The van der Waals surface area contributed by atoms with Gasteiger partial charge in [0.2, 0.25) is 5.91 Å². The molecule has 1 aromatic carbocycles. The first-order chi connectivity index (χ1) is 9.52. The Morgan fingerprint density at radius 3 is 2.40 bits per heavy atom. The number of Topliss-reactive ketones (excluding diaryl/α,β-unsaturated/α-hetero) is 1. The molecule has 0 bridgehead atoms. The summed E-state index contributed by atoms with van der Waals surface area (Å²) >= 11 is 0. The predicted octanol–water partition coefficient (Wildman–Crippen LogP) is 1.26. The molecule has 0 saturated heterocycles. The Morgan fingerprint density at radius 2 is 1.85 bits per heavy atom. The normalized spacial score (nSPS) is 11.5. The van der Waals surface area contributed by atoms with Crippen molar-refractivity contribution in [1.29, 1.82) is 0 Å². The van der Waals surface area contributed by atoms with E-state index in [0.717, 1.165) is 5.56 Å². The van der Waals surface area contributed by atoms with Gasteiger partial charge in [-0.2, -0.15) is 0 Å². The molecule has 20 heavy (non-hydrogen) atoms. The quantitative estimate of drug-likeness (QED) is 0.761. The van der Waals surface area contributed by atoms with Crippen LogP contribution in [0.25, 0.3) is 0 Å². The molecule has 1 rings (SSSR count). The standard InChI is InChI=1S/C15H19NO4/c1-11(17)8-9-13(15(19)20-2)16-14(18)10-12-6-4-3-5-7-12/h3-7,13H,8-10H2,1-2H3,(H,16,18)/t13-/m0/s1. The van der Waals surface area contributed by atoms with Gasteiger partial charge in [0.05, 0.1) is 13.5 Å². The number of methoxy groups -OCH3 is 1. The van der Waals surface area contributed by atoms with Crippen LogP contribution in [-0.4, -0.2) is 30.8 Å². The summed E-state index contributed by atoms with van der Waals surface area (Å²) in [4.78, 5) is 34.4. The SMILES string of the molecule is COC(=O)[C@H](CCC(C)=O)NC(=O)Cc1ccccc1. The zero-order chi connectivity index (χ0) is 15.0. The fourth-order valence-corrected chi connectivity index (χ4v) is 1.77. The summed E-state index contributed by atoms with van der Waals surface area (Å²) < 4.78 is 4.63. The van der Waals surface area contributed by atoms with Crippen LogP contribution < -0.4 is 5.32 Å². The molecule has 0 unspecified atom stereocenters. The van der Waals surface area contributed by atoms with Crippen molar-refractivity contribution in [2.24, 2.45) is 0 Å². The van der Waals surface area contributed by atoms with Gasteiger partial charge >= 0.3 is 5.97 Å². The van der Waals surface area contributed by atoms with Crippen LogP contribution in [0.5, 0.6) is 0 Å². The van der Waals surface area contributed by atoms with Crippen LogP contribution in [0.2, 0.25) is 0 Å². The van der Waals surface area contributed by atoms with E-state index in [4.69, 9.17) is 0 Å². The van der Waals surface area contributed by atoms with Gasteiger partial charge in [0.15, 0.2) is 0 Å². The highest BCUT2D eigenvalue weighted by atomic mass is 16.5. The number of carbonyl (C=O) groups is 3. The van der Waals surface area contributed by atoms with Crippen molar-refractivity contribution in [3.05, 3.63) is 35.9 Å². The monoisotopic (exact) mass is 277 g/mol. The number of rotatable bonds is 7. The summed E-state index contributed by atoms with van der Waals surface area (Å²) in [7, 11) is 1.26. The average Bonchev–Trinajstić information content (AvgIpc) is 2.43. The molecule has 5 heteroatoms. The predicted molar refractivity (Wildman–Crippen MR) is 74.0 cm³/mol. The Labute approximate surface area is 118 Å². The first kappa shape index (κ1) is 15.9. The number of amides is 1. The molecule has 0 aliphatic heterocycles. The fourth-order valence-electron chi connectivity index (χ4n) is 1.77. The zero-order valence-corrected chi connectivity index (χ0v) is 11.7. The summed E-state index contributed by atoms with van der Waals surface area (Å²) in [6, 6.07) is 8.45. The van der Waals surface area contributed by atoms with E-state index in [2.05, 4.69) is 10.1 Å². The molecule has 1 atom stereocenters. The Morgan fingerprint density at radius 1 is 1.20 bits per heavy atom. The average molecular weight is 277 g/mol. The third kappa shape index (κ3) is 5.65. The van der Waals surface area contributed by atoms with Crippen LogP contribution in [0.3, 0.4) is 0 Å². The Hall–Kier alpha value is -2.17. The molecule has 0 saturated carbocycles. The second kappa shape index (κ2) is 8.09. The van der Waals surface area contributed by atoms with Crippen LogP contribution in [0.4, 0.5) is 0 Å². The smallest absolute Gasteiger partial charge is 0.328 e. The largest absolute Gasteiger partial charge is 0.467 e. The van der Waals surface area contributed by atoms with Crippen molar-refractivity contribution in [2.45, 2.75) is 32.2 Å². The number of ketones is 1. The van der Waals surface area contributed by atoms with Gasteiger partial charge in [-0.15, -0.1) is 0 Å². The number of hydrogen-bond donors (Lipinski definition) is 1. The Balaban J connectivity index is 2.57. The number of hydrogen-bond acceptors (Lipinski definition) is 4. The van der Waals surface area contributed by atoms with Gasteiger partial charge < -0.3 is 14.8 Å². The van der Waals surface area contributed by atoms with Crippen molar-refractivity contribution in [3.8, 4) is 0 Å². The Bertz CT molecular complexity index is 470. The fraction of sp³-hybridized carbons (Fsp3) is 0.400. The molecular formula is C15H19NO4. The summed E-state index contributed by atoms with van der Waals surface area (Å²) in [5.41, 5.74) is 0.861. The summed E-state index contributed by atoms with van der Waals surface area (Å²) in [5.74, 6) is -0.834. The van der Waals surface area contributed by atoms with E-state index in [0.29, 0.717) is 0 Å². The topological polar surface area (TPSA) is 72.5 Å². The van der Waals surface area contributed by atoms with E-state index < -0.39 is 12.0 Å². The highest BCUT2D eigenvalue weighted by Gasteiger charge is 2.21. The number of nitrogens with one attached hydrogen (secondary N) is 1. The summed E-state index contributed by atoms with van der Waals surface area (Å²) in [6.07, 6.45) is 0.669. The number of esters is 1. The third-order valence-corrected chi connectivity index (χ3v) is 2.81. The summed E-state index contributed by atoms with van der Waals surface area (Å²) in [5, 5.41) is 2.61. The first-order valence-electron chi connectivity index (χ1n) is 6.43. The first-order valence-corrected chi connectivity index (χ1v) is 6.43. The van der Waals surface area contributed by atoms with Crippen LogP contribution >= 0.6 is 0 Å². The van der Waals surface area contributed by atoms with Crippen molar-refractivity contribution < 1.29 is 19.1 Å². The maximum absolute atomic E-state index is 11.9. The molecule has 1 amide bonds. The van der Waals surface area contributed by atoms with Gasteiger partial charge in [0.1, 0.15) is 11.8 Å². The van der Waals surface area contributed by atoms with E-state index in [-0.39, 0.29) is 31.0 Å². The van der Waals surface area contributed by atoms with Gasteiger partial charge in [-0.25, -0.2) is 4.79 Å².